The molecule has 1 aromatic carbocycles. The Morgan fingerprint density at radius 2 is 1.60 bits per heavy atom. The van der Waals surface area contributed by atoms with E-state index >= 15 is 0 Å². The van der Waals surface area contributed by atoms with Crippen molar-refractivity contribution in [1.82, 2.24) is 19.7 Å². The topological polar surface area (TPSA) is 75.2 Å². The minimum atomic E-state index is -0.577. The van der Waals surface area contributed by atoms with Crippen LogP contribution in [0.25, 0.3) is 17.3 Å². The molecule has 0 fully saturated rings. The molecular formula is C31H43FN4O3S. The monoisotopic (exact) mass is 570 g/mol. The zero-order valence-corrected chi connectivity index (χ0v) is 26.2. The molecule has 0 radical (unpaired) electrons. The van der Waals surface area contributed by atoms with E-state index in [1.807, 2.05) is 54.8 Å². The first-order chi connectivity index (χ1) is 18.9. The van der Waals surface area contributed by atoms with Gasteiger partial charge in [0, 0.05) is 11.6 Å². The van der Waals surface area contributed by atoms with Crippen LogP contribution in [0, 0.1) is 25.6 Å². The number of methoxy groups -OCH3 is 2. The fraction of sp³-hybridized carbons (Fsp3) is 0.452. The average molecular weight is 571 g/mol. The molecule has 4 aromatic rings. The summed E-state index contributed by atoms with van der Waals surface area (Å²) in [6.45, 7) is 10.5. The van der Waals surface area contributed by atoms with E-state index in [4.69, 9.17) is 13.9 Å². The first-order valence-electron chi connectivity index (χ1n) is 13.4. The third-order valence-electron chi connectivity index (χ3n) is 7.31. The highest BCUT2D eigenvalue weighted by molar-refractivity contribution is 8.32. The van der Waals surface area contributed by atoms with Gasteiger partial charge in [-0.05, 0) is 86.6 Å². The number of para-hydroxylation sites is 1. The van der Waals surface area contributed by atoms with Crippen molar-refractivity contribution in [3.8, 4) is 28.8 Å². The van der Waals surface area contributed by atoms with Gasteiger partial charge >= 0.3 is 0 Å². The summed E-state index contributed by atoms with van der Waals surface area (Å²) in [5, 5.41) is 9.13. The summed E-state index contributed by atoms with van der Waals surface area (Å²) >= 11 is 0. The Hall–Kier alpha value is -3.33. The molecule has 0 saturated carbocycles. The Labute approximate surface area is 239 Å². The molecule has 0 aliphatic rings. The maximum Gasteiger partial charge on any atom is 0.204 e. The Balaban J connectivity index is 0.000000226. The van der Waals surface area contributed by atoms with Crippen LogP contribution in [0.5, 0.6) is 11.5 Å². The zero-order valence-electron chi connectivity index (χ0n) is 25.4. The number of benzene rings is 1. The number of hydrogen-bond donors (Lipinski definition) is 0. The average Bonchev–Trinajstić information content (AvgIpc) is 3.52. The fourth-order valence-electron chi connectivity index (χ4n) is 5.16. The second-order valence-electron chi connectivity index (χ2n) is 10.8. The SMILES string of the molecule is CCC([C@@H](C)[C@H](C)c1ccc(F)cn1)S(C)(C)C.COc1cccc(OC)c1-n1c(C)nnc1-c1ccc(C)o1. The van der Waals surface area contributed by atoms with Gasteiger partial charge < -0.3 is 13.9 Å². The molecule has 0 N–H and O–H groups in total. The molecule has 0 amide bonds. The quantitative estimate of drug-likeness (QED) is 0.206. The van der Waals surface area contributed by atoms with Crippen molar-refractivity contribution in [2.45, 2.75) is 52.2 Å². The van der Waals surface area contributed by atoms with Crippen molar-refractivity contribution >= 4 is 10.0 Å². The predicted molar refractivity (Wildman–Crippen MR) is 163 cm³/mol. The van der Waals surface area contributed by atoms with E-state index in [0.717, 1.165) is 22.4 Å². The Bertz CT molecular complexity index is 1360. The van der Waals surface area contributed by atoms with E-state index in [1.165, 1.54) is 18.7 Å². The summed E-state index contributed by atoms with van der Waals surface area (Å²) in [6, 6.07) is 12.7. The molecule has 218 valence electrons. The molecular weight excluding hydrogens is 527 g/mol. The third kappa shape index (κ3) is 7.05. The highest BCUT2D eigenvalue weighted by Crippen LogP contribution is 2.49. The minimum Gasteiger partial charge on any atom is -0.494 e. The molecule has 0 spiro atoms. The van der Waals surface area contributed by atoms with E-state index in [1.54, 1.807) is 14.2 Å². The van der Waals surface area contributed by atoms with Crippen LogP contribution in [0.3, 0.4) is 0 Å². The fourth-order valence-corrected chi connectivity index (χ4v) is 7.68. The lowest BCUT2D eigenvalue weighted by molar-refractivity contribution is 0.390. The van der Waals surface area contributed by atoms with Crippen LogP contribution < -0.4 is 9.47 Å². The molecule has 7 nitrogen and oxygen atoms in total. The van der Waals surface area contributed by atoms with Crippen LogP contribution in [0.4, 0.5) is 4.39 Å². The number of aromatic nitrogens is 4. The molecule has 0 aliphatic heterocycles. The van der Waals surface area contributed by atoms with Gasteiger partial charge in [-0.2, -0.15) is 0 Å². The van der Waals surface area contributed by atoms with Crippen LogP contribution >= 0.6 is 10.0 Å². The van der Waals surface area contributed by atoms with E-state index in [0.29, 0.717) is 40.7 Å². The van der Waals surface area contributed by atoms with Crippen LogP contribution in [-0.4, -0.2) is 58.0 Å². The van der Waals surface area contributed by atoms with Crippen molar-refractivity contribution in [2.75, 3.05) is 33.0 Å². The minimum absolute atomic E-state index is 0.257. The van der Waals surface area contributed by atoms with E-state index in [9.17, 15) is 4.39 Å². The lowest BCUT2D eigenvalue weighted by atomic mass is 9.88. The number of aryl methyl sites for hydroxylation is 2. The molecule has 3 heterocycles. The molecule has 40 heavy (non-hydrogen) atoms. The molecule has 0 aliphatic carbocycles. The molecule has 3 atom stereocenters. The van der Waals surface area contributed by atoms with Gasteiger partial charge in [-0.15, -0.1) is 10.2 Å². The number of rotatable bonds is 9. The molecule has 3 aromatic heterocycles. The van der Waals surface area contributed by atoms with Gasteiger partial charge in [0.05, 0.1) is 20.4 Å². The highest BCUT2D eigenvalue weighted by Gasteiger charge is 2.29. The summed E-state index contributed by atoms with van der Waals surface area (Å²) in [5.41, 5.74) is 1.75. The van der Waals surface area contributed by atoms with Gasteiger partial charge in [0.25, 0.3) is 0 Å². The lowest BCUT2D eigenvalue weighted by Crippen LogP contribution is -2.27. The lowest BCUT2D eigenvalue weighted by Gasteiger charge is -2.41. The van der Waals surface area contributed by atoms with Crippen LogP contribution in [0.2, 0.25) is 0 Å². The molecule has 4 rings (SSSR count). The standard InChI is InChI=1S/C16H17N3O3.C15H26FNS/c1-10-8-9-14(22-10)16-18-17-11(2)19(16)15-12(20-3)6-5-7-13(15)21-4;1-7-15(18(4,5)6)12(3)11(2)14-9-8-13(16)10-17-14/h5-9H,1-4H3;8-12,15H,7H2,1-6H3/t;11-,12-,15?/m.0/s1. The van der Waals surface area contributed by atoms with Gasteiger partial charge in [0.15, 0.2) is 5.76 Å². The maximum atomic E-state index is 12.9. The van der Waals surface area contributed by atoms with Gasteiger partial charge in [0.2, 0.25) is 5.82 Å². The van der Waals surface area contributed by atoms with Crippen molar-refractivity contribution in [1.29, 1.82) is 0 Å². The number of ether oxygens (including phenoxy) is 2. The predicted octanol–water partition coefficient (Wildman–Crippen LogP) is 7.59. The summed E-state index contributed by atoms with van der Waals surface area (Å²) in [6.07, 6.45) is 9.66. The van der Waals surface area contributed by atoms with Crippen molar-refractivity contribution in [3.05, 3.63) is 71.8 Å². The number of halogens is 1. The second kappa shape index (κ2) is 13.4. The first kappa shape index (κ1) is 31.2. The zero-order chi connectivity index (χ0) is 29.6. The number of hydrogen-bond acceptors (Lipinski definition) is 6. The van der Waals surface area contributed by atoms with Crippen LogP contribution in [-0.2, 0) is 0 Å². The smallest absolute Gasteiger partial charge is 0.204 e. The highest BCUT2D eigenvalue weighted by atomic mass is 32.3. The Morgan fingerprint density at radius 3 is 2.08 bits per heavy atom. The molecule has 0 bridgehead atoms. The number of nitrogens with zero attached hydrogens (tertiary/aromatic N) is 4. The normalized spacial score (nSPS) is 14.1. The Kier molecular flexibility index (Phi) is 10.4. The summed E-state index contributed by atoms with van der Waals surface area (Å²) < 4.78 is 31.4. The van der Waals surface area contributed by atoms with E-state index < -0.39 is 10.0 Å². The molecule has 1 unspecified atom stereocenters. The summed E-state index contributed by atoms with van der Waals surface area (Å²) in [4.78, 5) is 4.23. The largest absolute Gasteiger partial charge is 0.494 e. The Morgan fingerprint density at radius 1 is 0.950 bits per heavy atom. The number of furan rings is 1. The van der Waals surface area contributed by atoms with Gasteiger partial charge in [0.1, 0.15) is 34.6 Å². The number of pyridine rings is 1. The van der Waals surface area contributed by atoms with Crippen LogP contribution in [0.15, 0.2) is 53.1 Å². The van der Waals surface area contributed by atoms with E-state index in [2.05, 4.69) is 54.7 Å². The van der Waals surface area contributed by atoms with Gasteiger partial charge in [-0.3, -0.25) is 9.55 Å². The summed E-state index contributed by atoms with van der Waals surface area (Å²) in [7, 11) is 2.66. The first-order valence-corrected chi connectivity index (χ1v) is 16.3. The van der Waals surface area contributed by atoms with Gasteiger partial charge in [-0.25, -0.2) is 14.4 Å². The van der Waals surface area contributed by atoms with E-state index in [-0.39, 0.29) is 5.82 Å². The van der Waals surface area contributed by atoms with Crippen molar-refractivity contribution in [2.24, 2.45) is 5.92 Å². The van der Waals surface area contributed by atoms with Crippen molar-refractivity contribution in [3.63, 3.8) is 0 Å². The van der Waals surface area contributed by atoms with Crippen molar-refractivity contribution < 1.29 is 18.3 Å². The van der Waals surface area contributed by atoms with Gasteiger partial charge in [-0.1, -0.05) is 26.8 Å². The maximum absolute atomic E-state index is 12.9. The second-order valence-corrected chi connectivity index (χ2v) is 15.2. The van der Waals surface area contributed by atoms with Crippen LogP contribution in [0.1, 0.15) is 50.4 Å². The third-order valence-corrected chi connectivity index (χ3v) is 9.89. The molecule has 0 saturated heterocycles. The summed E-state index contributed by atoms with van der Waals surface area (Å²) in [5.74, 6) is 4.82. The molecule has 9 heteroatoms.